The van der Waals surface area contributed by atoms with Crippen LogP contribution in [-0.4, -0.2) is 48.6 Å². The molecule has 2 amide bonds. The number of benzene rings is 1. The number of aromatic nitrogens is 1. The highest BCUT2D eigenvalue weighted by molar-refractivity contribution is 5.89. The fourth-order valence-electron chi connectivity index (χ4n) is 4.33. The Morgan fingerprint density at radius 2 is 1.97 bits per heavy atom. The van der Waals surface area contributed by atoms with E-state index in [0.29, 0.717) is 44.1 Å². The largest absolute Gasteiger partial charge is 0.493 e. The molecule has 0 atom stereocenters. The van der Waals surface area contributed by atoms with Crippen LogP contribution >= 0.6 is 0 Å². The van der Waals surface area contributed by atoms with E-state index in [1.807, 2.05) is 24.3 Å². The predicted molar refractivity (Wildman–Crippen MR) is 127 cm³/mol. The average molecular weight is 472 g/mol. The molecule has 2 heterocycles. The molecule has 0 radical (unpaired) electrons. The van der Waals surface area contributed by atoms with E-state index in [0.717, 1.165) is 24.2 Å². The smallest absolute Gasteiger partial charge is 0.321 e. The van der Waals surface area contributed by atoms with Crippen molar-refractivity contribution in [3.8, 4) is 11.6 Å². The first kappa shape index (κ1) is 24.0. The van der Waals surface area contributed by atoms with Crippen LogP contribution in [0, 0.1) is 5.92 Å². The van der Waals surface area contributed by atoms with Crippen LogP contribution in [0.25, 0.3) is 6.08 Å². The van der Waals surface area contributed by atoms with Crippen molar-refractivity contribution in [1.82, 2.24) is 9.88 Å². The predicted octanol–water partition coefficient (Wildman–Crippen LogP) is 6.01. The Labute approximate surface area is 199 Å². The van der Waals surface area contributed by atoms with Crippen molar-refractivity contribution in [3.63, 3.8) is 0 Å². The van der Waals surface area contributed by atoms with E-state index in [2.05, 4.69) is 16.4 Å². The molecule has 0 unspecified atom stereocenters. The van der Waals surface area contributed by atoms with E-state index in [9.17, 15) is 13.6 Å². The quantitative estimate of drug-likeness (QED) is 0.561. The first-order valence-electron chi connectivity index (χ1n) is 11.8. The number of likely N-dealkylation sites (tertiary alicyclic amines) is 1. The zero-order chi connectivity index (χ0) is 24.0. The number of hydrogen-bond acceptors (Lipinski definition) is 4. The summed E-state index contributed by atoms with van der Waals surface area (Å²) >= 11 is 0. The first-order chi connectivity index (χ1) is 16.4. The van der Waals surface area contributed by atoms with Crippen molar-refractivity contribution >= 4 is 17.8 Å². The fourth-order valence-corrected chi connectivity index (χ4v) is 4.33. The molecule has 8 heteroatoms. The van der Waals surface area contributed by atoms with Gasteiger partial charge in [-0.05, 0) is 55.4 Å². The summed E-state index contributed by atoms with van der Waals surface area (Å²) in [5.74, 6) is -1.06. The van der Waals surface area contributed by atoms with Gasteiger partial charge < -0.3 is 19.7 Å². The van der Waals surface area contributed by atoms with Crippen LogP contribution in [0.4, 0.5) is 19.3 Å². The minimum atomic E-state index is -2.51. The minimum absolute atomic E-state index is 0.0425. The summed E-state index contributed by atoms with van der Waals surface area (Å²) in [5.41, 5.74) is 2.96. The maximum Gasteiger partial charge on any atom is 0.321 e. The number of hydrogen-bond donors (Lipinski definition) is 1. The summed E-state index contributed by atoms with van der Waals surface area (Å²) in [4.78, 5) is 18.4. The lowest BCUT2D eigenvalue weighted by molar-refractivity contribution is -0.0498. The van der Waals surface area contributed by atoms with Crippen molar-refractivity contribution in [3.05, 3.63) is 53.7 Å². The highest BCUT2D eigenvalue weighted by atomic mass is 19.3. The van der Waals surface area contributed by atoms with E-state index in [4.69, 9.17) is 9.47 Å². The van der Waals surface area contributed by atoms with Crippen LogP contribution in [0.3, 0.4) is 0 Å². The molecular formula is C26H31F2N3O3. The van der Waals surface area contributed by atoms with E-state index in [-0.39, 0.29) is 24.8 Å². The highest BCUT2D eigenvalue weighted by Gasteiger charge is 2.35. The average Bonchev–Trinajstić information content (AvgIpc) is 2.84. The van der Waals surface area contributed by atoms with Gasteiger partial charge in [0.1, 0.15) is 5.75 Å². The standard InChI is InChI=1S/C26H31F2N3O3/c1-33-24-6-5-22(17-29-24)30-25(32)31-13-9-19(10-14-31)15-21-3-2-4-23(16-21)34-18-20-7-11-26(27,28)12-8-20/h2-6,15-17,20H,7-14,18H2,1H3,(H,30,32). The molecule has 1 aliphatic heterocycles. The third-order valence-corrected chi connectivity index (χ3v) is 6.44. The lowest BCUT2D eigenvalue weighted by atomic mass is 9.87. The number of halogens is 2. The maximum absolute atomic E-state index is 13.3. The number of methoxy groups -OCH3 is 1. The zero-order valence-electron chi connectivity index (χ0n) is 19.4. The van der Waals surface area contributed by atoms with Gasteiger partial charge in [-0.3, -0.25) is 0 Å². The Balaban J connectivity index is 1.25. The van der Waals surface area contributed by atoms with Gasteiger partial charge in [0.15, 0.2) is 0 Å². The van der Waals surface area contributed by atoms with Crippen LogP contribution < -0.4 is 14.8 Å². The van der Waals surface area contributed by atoms with E-state index in [1.54, 1.807) is 30.3 Å². The number of carbonyl (C=O) groups is 1. The number of ether oxygens (including phenoxy) is 2. The molecule has 2 aliphatic rings. The third-order valence-electron chi connectivity index (χ3n) is 6.44. The molecule has 1 saturated heterocycles. The Kier molecular flexibility index (Phi) is 7.65. The monoisotopic (exact) mass is 471 g/mol. The van der Waals surface area contributed by atoms with Gasteiger partial charge in [0, 0.05) is 32.0 Å². The van der Waals surface area contributed by atoms with Gasteiger partial charge >= 0.3 is 6.03 Å². The lowest BCUT2D eigenvalue weighted by Gasteiger charge is -2.28. The number of piperidine rings is 1. The van der Waals surface area contributed by atoms with Crippen LogP contribution in [0.1, 0.15) is 44.1 Å². The molecule has 1 aromatic carbocycles. The molecule has 1 aromatic heterocycles. The van der Waals surface area contributed by atoms with Gasteiger partial charge in [-0.25, -0.2) is 18.6 Å². The Morgan fingerprint density at radius 1 is 1.21 bits per heavy atom. The number of rotatable bonds is 6. The summed E-state index contributed by atoms with van der Waals surface area (Å²) in [5, 5.41) is 2.87. The van der Waals surface area contributed by atoms with Gasteiger partial charge in [-0.2, -0.15) is 0 Å². The number of pyridine rings is 1. The van der Waals surface area contributed by atoms with Crippen LogP contribution in [-0.2, 0) is 0 Å². The lowest BCUT2D eigenvalue weighted by Crippen LogP contribution is -2.39. The van der Waals surface area contributed by atoms with Crippen molar-refractivity contribution < 1.29 is 23.0 Å². The number of anilines is 1. The SMILES string of the molecule is COc1ccc(NC(=O)N2CCC(=Cc3cccc(OCC4CCC(F)(F)CC4)c3)CC2)cn1. The fraction of sp³-hybridized carbons (Fsp3) is 0.462. The van der Waals surface area contributed by atoms with Crippen LogP contribution in [0.15, 0.2) is 48.2 Å². The number of amides is 2. The van der Waals surface area contributed by atoms with Gasteiger partial charge in [0.2, 0.25) is 11.8 Å². The number of urea groups is 1. The zero-order valence-corrected chi connectivity index (χ0v) is 19.4. The van der Waals surface area contributed by atoms with Gasteiger partial charge in [0.05, 0.1) is 25.6 Å². The third kappa shape index (κ3) is 6.68. The van der Waals surface area contributed by atoms with Gasteiger partial charge in [-0.15, -0.1) is 0 Å². The van der Waals surface area contributed by atoms with Crippen molar-refractivity contribution in [2.24, 2.45) is 5.92 Å². The second kappa shape index (κ2) is 10.8. The second-order valence-corrected chi connectivity index (χ2v) is 8.99. The van der Waals surface area contributed by atoms with Crippen molar-refractivity contribution in [2.75, 3.05) is 32.1 Å². The Morgan fingerprint density at radius 3 is 2.65 bits per heavy atom. The molecule has 1 aliphatic carbocycles. The van der Waals surface area contributed by atoms with E-state index in [1.165, 1.54) is 5.57 Å². The summed E-state index contributed by atoms with van der Waals surface area (Å²) in [6.07, 6.45) is 6.26. The molecule has 2 fully saturated rings. The maximum atomic E-state index is 13.3. The molecular weight excluding hydrogens is 440 g/mol. The molecule has 182 valence electrons. The summed E-state index contributed by atoms with van der Waals surface area (Å²) in [6.45, 7) is 1.76. The number of nitrogens with zero attached hydrogens (tertiary/aromatic N) is 2. The Bertz CT molecular complexity index is 991. The molecule has 0 spiro atoms. The molecule has 1 saturated carbocycles. The topological polar surface area (TPSA) is 63.7 Å². The summed E-state index contributed by atoms with van der Waals surface area (Å²) < 4.78 is 37.6. The molecule has 34 heavy (non-hydrogen) atoms. The molecule has 0 bridgehead atoms. The second-order valence-electron chi connectivity index (χ2n) is 8.99. The van der Waals surface area contributed by atoms with Gasteiger partial charge in [-0.1, -0.05) is 23.8 Å². The minimum Gasteiger partial charge on any atom is -0.493 e. The van der Waals surface area contributed by atoms with Gasteiger partial charge in [0.25, 0.3) is 0 Å². The highest BCUT2D eigenvalue weighted by Crippen LogP contribution is 2.36. The molecule has 2 aromatic rings. The number of nitrogens with one attached hydrogen (secondary N) is 1. The molecule has 4 rings (SSSR count). The number of carbonyl (C=O) groups excluding carboxylic acids is 1. The van der Waals surface area contributed by atoms with E-state index < -0.39 is 5.92 Å². The van der Waals surface area contributed by atoms with Crippen molar-refractivity contribution in [1.29, 1.82) is 0 Å². The molecule has 6 nitrogen and oxygen atoms in total. The summed E-state index contributed by atoms with van der Waals surface area (Å²) in [6, 6.07) is 11.2. The first-order valence-corrected chi connectivity index (χ1v) is 11.8. The normalized spacial score (nSPS) is 18.3. The van der Waals surface area contributed by atoms with Crippen LogP contribution in [0.2, 0.25) is 0 Å². The summed E-state index contributed by atoms with van der Waals surface area (Å²) in [7, 11) is 1.55. The Hall–Kier alpha value is -3.16. The number of alkyl halides is 2. The van der Waals surface area contributed by atoms with E-state index >= 15 is 0 Å². The molecule has 1 N–H and O–H groups in total. The van der Waals surface area contributed by atoms with Crippen molar-refractivity contribution in [2.45, 2.75) is 44.4 Å². The van der Waals surface area contributed by atoms with Crippen LogP contribution in [0.5, 0.6) is 11.6 Å².